The molecule has 3 rings (SSSR count). The van der Waals surface area contributed by atoms with Crippen LogP contribution < -0.4 is 10.1 Å². The molecule has 1 N–H and O–H groups in total. The number of imidazole rings is 1. The normalized spacial score (nSPS) is 10.3. The fourth-order valence-electron chi connectivity index (χ4n) is 2.14. The molecule has 0 spiro atoms. The molecular weight excluding hydrogens is 290 g/mol. The molecule has 23 heavy (non-hydrogen) atoms. The van der Waals surface area contributed by atoms with Crippen molar-refractivity contribution in [2.45, 2.75) is 6.54 Å². The maximum atomic E-state index is 12.1. The molecule has 0 radical (unpaired) electrons. The van der Waals surface area contributed by atoms with E-state index in [0.717, 1.165) is 12.3 Å². The lowest BCUT2D eigenvalue weighted by atomic mass is 10.2. The molecule has 3 aromatic rings. The number of ether oxygens (including phenoxy) is 1. The first kappa shape index (κ1) is 14.8. The number of aromatic nitrogens is 2. The fraction of sp³-hybridized carbons (Fsp3) is 0.111. The van der Waals surface area contributed by atoms with E-state index in [9.17, 15) is 4.79 Å². The van der Waals surface area contributed by atoms with Crippen molar-refractivity contribution in [3.8, 4) is 5.75 Å². The molecule has 0 bridgehead atoms. The second-order valence-electron chi connectivity index (χ2n) is 5.00. The van der Waals surface area contributed by atoms with Gasteiger partial charge in [0.15, 0.2) is 0 Å². The van der Waals surface area contributed by atoms with Crippen LogP contribution in [0.5, 0.6) is 5.75 Å². The highest BCUT2D eigenvalue weighted by molar-refractivity contribution is 6.04. The Morgan fingerprint density at radius 2 is 2.00 bits per heavy atom. The van der Waals surface area contributed by atoms with Crippen LogP contribution >= 0.6 is 0 Å². The molecule has 116 valence electrons. The van der Waals surface area contributed by atoms with E-state index in [1.54, 1.807) is 24.7 Å². The van der Waals surface area contributed by atoms with Crippen LogP contribution in [0.25, 0.3) is 0 Å². The summed E-state index contributed by atoms with van der Waals surface area (Å²) in [7, 11) is 0. The number of nitrogens with one attached hydrogen (secondary N) is 1. The molecule has 1 aromatic heterocycles. The number of hydrogen-bond donors (Lipinski definition) is 1. The molecule has 1 heterocycles. The molecule has 0 unspecified atom stereocenters. The van der Waals surface area contributed by atoms with Gasteiger partial charge in [0.1, 0.15) is 12.4 Å². The molecule has 0 aliphatic carbocycles. The monoisotopic (exact) mass is 307 g/mol. The third-order valence-electron chi connectivity index (χ3n) is 3.31. The maximum absolute atomic E-state index is 12.1. The van der Waals surface area contributed by atoms with Crippen LogP contribution in [-0.2, 0) is 6.54 Å². The highest BCUT2D eigenvalue weighted by Gasteiger charge is 2.05. The van der Waals surface area contributed by atoms with Gasteiger partial charge in [0.2, 0.25) is 0 Å². The lowest BCUT2D eigenvalue weighted by molar-refractivity contribution is 0.102. The molecular formula is C18H17N3O2. The largest absolute Gasteiger partial charge is 0.492 e. The fourth-order valence-corrected chi connectivity index (χ4v) is 2.14. The Labute approximate surface area is 134 Å². The lowest BCUT2D eigenvalue weighted by Gasteiger charge is -2.09. The molecule has 5 nitrogen and oxygen atoms in total. The molecule has 5 heteroatoms. The van der Waals surface area contributed by atoms with E-state index < -0.39 is 0 Å². The van der Waals surface area contributed by atoms with Crippen molar-refractivity contribution in [1.29, 1.82) is 0 Å². The number of carbonyl (C=O) groups excluding carboxylic acids is 1. The lowest BCUT2D eigenvalue weighted by Crippen LogP contribution is -2.12. The van der Waals surface area contributed by atoms with Gasteiger partial charge in [0, 0.05) is 29.7 Å². The molecule has 1 amide bonds. The minimum atomic E-state index is -0.138. The van der Waals surface area contributed by atoms with E-state index >= 15 is 0 Å². The van der Waals surface area contributed by atoms with Crippen molar-refractivity contribution in [3.05, 3.63) is 78.9 Å². The molecule has 0 saturated heterocycles. The topological polar surface area (TPSA) is 56.1 Å². The van der Waals surface area contributed by atoms with Crippen LogP contribution in [-0.4, -0.2) is 22.1 Å². The van der Waals surface area contributed by atoms with Gasteiger partial charge in [-0.15, -0.1) is 0 Å². The maximum Gasteiger partial charge on any atom is 0.255 e. The molecule has 0 saturated carbocycles. The number of nitrogens with zero attached hydrogens (tertiary/aromatic N) is 2. The summed E-state index contributed by atoms with van der Waals surface area (Å²) in [6.07, 6.45) is 5.37. The zero-order valence-corrected chi connectivity index (χ0v) is 12.6. The average molecular weight is 307 g/mol. The highest BCUT2D eigenvalue weighted by Crippen LogP contribution is 2.18. The second-order valence-corrected chi connectivity index (χ2v) is 5.00. The smallest absolute Gasteiger partial charge is 0.255 e. The van der Waals surface area contributed by atoms with E-state index in [1.165, 1.54) is 0 Å². The SMILES string of the molecule is O=C(Nc1cccc(OCCn2ccnc2)c1)c1ccccc1. The van der Waals surface area contributed by atoms with Crippen molar-refractivity contribution in [1.82, 2.24) is 9.55 Å². The first-order valence-electron chi connectivity index (χ1n) is 7.36. The van der Waals surface area contributed by atoms with Gasteiger partial charge < -0.3 is 14.6 Å². The van der Waals surface area contributed by atoms with Gasteiger partial charge in [-0.25, -0.2) is 4.98 Å². The Morgan fingerprint density at radius 3 is 2.78 bits per heavy atom. The summed E-state index contributed by atoms with van der Waals surface area (Å²) in [6, 6.07) is 16.5. The van der Waals surface area contributed by atoms with Gasteiger partial charge in [-0.3, -0.25) is 4.79 Å². The van der Waals surface area contributed by atoms with Gasteiger partial charge in [0.05, 0.1) is 12.9 Å². The first-order valence-corrected chi connectivity index (χ1v) is 7.36. The molecule has 0 aliphatic rings. The Balaban J connectivity index is 1.57. The Morgan fingerprint density at radius 1 is 1.13 bits per heavy atom. The molecule has 0 fully saturated rings. The zero-order valence-electron chi connectivity index (χ0n) is 12.6. The summed E-state index contributed by atoms with van der Waals surface area (Å²) in [5.74, 6) is 0.581. The molecule has 2 aromatic carbocycles. The second kappa shape index (κ2) is 7.26. The van der Waals surface area contributed by atoms with Crippen LogP contribution in [0.3, 0.4) is 0 Å². The van der Waals surface area contributed by atoms with Crippen molar-refractivity contribution in [2.75, 3.05) is 11.9 Å². The molecule has 0 aliphatic heterocycles. The average Bonchev–Trinajstić information content (AvgIpc) is 3.09. The van der Waals surface area contributed by atoms with Gasteiger partial charge in [0.25, 0.3) is 5.91 Å². The van der Waals surface area contributed by atoms with E-state index in [2.05, 4.69) is 10.3 Å². The van der Waals surface area contributed by atoms with Crippen LogP contribution in [0.2, 0.25) is 0 Å². The van der Waals surface area contributed by atoms with Crippen LogP contribution in [0.1, 0.15) is 10.4 Å². The third kappa shape index (κ3) is 4.20. The highest BCUT2D eigenvalue weighted by atomic mass is 16.5. The first-order chi connectivity index (χ1) is 11.3. The minimum absolute atomic E-state index is 0.138. The number of hydrogen-bond acceptors (Lipinski definition) is 3. The van der Waals surface area contributed by atoms with Crippen LogP contribution in [0.4, 0.5) is 5.69 Å². The molecule has 0 atom stereocenters. The zero-order chi connectivity index (χ0) is 15.9. The van der Waals surface area contributed by atoms with Crippen molar-refractivity contribution >= 4 is 11.6 Å². The van der Waals surface area contributed by atoms with Crippen LogP contribution in [0.15, 0.2) is 73.3 Å². The van der Waals surface area contributed by atoms with Crippen molar-refractivity contribution < 1.29 is 9.53 Å². The Hall–Kier alpha value is -3.08. The van der Waals surface area contributed by atoms with E-state index in [0.29, 0.717) is 17.9 Å². The summed E-state index contributed by atoms with van der Waals surface area (Å²) in [5.41, 5.74) is 1.33. The van der Waals surface area contributed by atoms with Gasteiger partial charge in [-0.1, -0.05) is 24.3 Å². The minimum Gasteiger partial charge on any atom is -0.492 e. The Kier molecular flexibility index (Phi) is 4.69. The van der Waals surface area contributed by atoms with Gasteiger partial charge >= 0.3 is 0 Å². The predicted molar refractivity (Wildman–Crippen MR) is 88.6 cm³/mol. The van der Waals surface area contributed by atoms with Crippen LogP contribution in [0, 0.1) is 0 Å². The standard InChI is InChI=1S/C18H17N3O2/c22-18(15-5-2-1-3-6-15)20-16-7-4-8-17(13-16)23-12-11-21-10-9-19-14-21/h1-10,13-14H,11-12H2,(H,20,22). The Bertz CT molecular complexity index is 755. The van der Waals surface area contributed by atoms with Crippen molar-refractivity contribution in [3.63, 3.8) is 0 Å². The summed E-state index contributed by atoms with van der Waals surface area (Å²) in [5, 5.41) is 2.87. The number of amides is 1. The van der Waals surface area contributed by atoms with E-state index in [4.69, 9.17) is 4.74 Å². The number of anilines is 1. The number of rotatable bonds is 6. The third-order valence-corrected chi connectivity index (χ3v) is 3.31. The van der Waals surface area contributed by atoms with E-state index in [-0.39, 0.29) is 5.91 Å². The van der Waals surface area contributed by atoms with Crippen molar-refractivity contribution in [2.24, 2.45) is 0 Å². The van der Waals surface area contributed by atoms with Gasteiger partial charge in [-0.05, 0) is 24.3 Å². The summed E-state index contributed by atoms with van der Waals surface area (Å²) >= 11 is 0. The van der Waals surface area contributed by atoms with Gasteiger partial charge in [-0.2, -0.15) is 0 Å². The number of carbonyl (C=O) groups is 1. The number of benzene rings is 2. The summed E-state index contributed by atoms with van der Waals surface area (Å²) < 4.78 is 7.65. The summed E-state index contributed by atoms with van der Waals surface area (Å²) in [4.78, 5) is 16.1. The quantitative estimate of drug-likeness (QED) is 0.761. The van der Waals surface area contributed by atoms with E-state index in [1.807, 2.05) is 53.2 Å². The predicted octanol–water partition coefficient (Wildman–Crippen LogP) is 3.21. The summed E-state index contributed by atoms with van der Waals surface area (Å²) in [6.45, 7) is 1.26.